The zero-order valence-corrected chi connectivity index (χ0v) is 18.9. The summed E-state index contributed by atoms with van der Waals surface area (Å²) in [5.74, 6) is 0. The van der Waals surface area contributed by atoms with Crippen molar-refractivity contribution in [1.29, 1.82) is 0 Å². The minimum atomic E-state index is -6.00. The van der Waals surface area contributed by atoms with Gasteiger partial charge in [-0.15, -0.1) is 0 Å². The third-order valence-electron chi connectivity index (χ3n) is 4.76. The fourth-order valence-electron chi connectivity index (χ4n) is 3.41. The first-order chi connectivity index (χ1) is 15.4. The SMILES string of the molecule is F[B-](F)(F)F.c1ccc(SC[P+](c2ccccc2)(c2ccccc2)c2ccccc2)cc1. The zero-order chi connectivity index (χ0) is 22.9. The molecule has 7 heteroatoms. The van der Waals surface area contributed by atoms with Crippen molar-refractivity contribution >= 4 is 42.2 Å². The Bertz CT molecular complexity index is 960. The Kier molecular flexibility index (Phi) is 8.55. The van der Waals surface area contributed by atoms with E-state index in [9.17, 15) is 17.3 Å². The Labute approximate surface area is 191 Å². The number of hydrogen-bond acceptors (Lipinski definition) is 1. The lowest BCUT2D eigenvalue weighted by Crippen LogP contribution is -2.32. The largest absolute Gasteiger partial charge is 0.673 e. The highest BCUT2D eigenvalue weighted by molar-refractivity contribution is 8.13. The van der Waals surface area contributed by atoms with E-state index in [-0.39, 0.29) is 0 Å². The van der Waals surface area contributed by atoms with Gasteiger partial charge >= 0.3 is 7.25 Å². The maximum Gasteiger partial charge on any atom is 0.673 e. The lowest BCUT2D eigenvalue weighted by molar-refractivity contribution is 0.368. The van der Waals surface area contributed by atoms with Gasteiger partial charge in [0.1, 0.15) is 28.7 Å². The Balaban J connectivity index is 0.000000523. The van der Waals surface area contributed by atoms with Gasteiger partial charge in [-0.25, -0.2) is 0 Å². The van der Waals surface area contributed by atoms with Crippen molar-refractivity contribution in [3.63, 3.8) is 0 Å². The second kappa shape index (κ2) is 11.4. The summed E-state index contributed by atoms with van der Waals surface area (Å²) < 4.78 is 39.0. The first kappa shape index (κ1) is 24.1. The van der Waals surface area contributed by atoms with Crippen LogP contribution in [0.3, 0.4) is 0 Å². The number of thioether (sulfide) groups is 1. The highest BCUT2D eigenvalue weighted by Crippen LogP contribution is 2.58. The van der Waals surface area contributed by atoms with Crippen LogP contribution in [-0.2, 0) is 0 Å². The predicted octanol–water partition coefficient (Wildman–Crippen LogP) is 7.03. The molecule has 0 atom stereocenters. The van der Waals surface area contributed by atoms with Gasteiger partial charge in [-0.3, -0.25) is 0 Å². The molecule has 4 rings (SSSR count). The van der Waals surface area contributed by atoms with Crippen molar-refractivity contribution in [3.8, 4) is 0 Å². The molecule has 0 saturated heterocycles. The zero-order valence-electron chi connectivity index (χ0n) is 17.2. The molecule has 0 fully saturated rings. The summed E-state index contributed by atoms with van der Waals surface area (Å²) in [7, 11) is -7.76. The minimum absolute atomic E-state index is 1.05. The van der Waals surface area contributed by atoms with E-state index in [0.717, 1.165) is 5.49 Å². The Morgan fingerprint density at radius 3 is 1.09 bits per heavy atom. The Hall–Kier alpha value is -2.56. The monoisotopic (exact) mass is 472 g/mol. The Morgan fingerprint density at radius 1 is 0.500 bits per heavy atom. The molecule has 0 spiro atoms. The standard InChI is InChI=1S/C25H22PS.BF4/c1-5-13-22(14-6-1)26(23-15-7-2-8-16-23,24-17-9-3-10-18-24)21-27-25-19-11-4-12-20-25;2-1(3,4)5/h1-20H,21H2;/q+1;-1. The molecule has 0 aromatic heterocycles. The van der Waals surface area contributed by atoms with Crippen LogP contribution in [0.25, 0.3) is 0 Å². The van der Waals surface area contributed by atoms with Crippen LogP contribution in [0, 0.1) is 0 Å². The van der Waals surface area contributed by atoms with Crippen molar-refractivity contribution in [1.82, 2.24) is 0 Å². The third kappa shape index (κ3) is 6.72. The molecule has 0 aliphatic carbocycles. The quantitative estimate of drug-likeness (QED) is 0.126. The molecule has 0 aliphatic rings. The van der Waals surface area contributed by atoms with E-state index in [0.29, 0.717) is 0 Å². The fraction of sp³-hybridized carbons (Fsp3) is 0.0400. The maximum atomic E-state index is 9.75. The molecule has 0 bridgehead atoms. The van der Waals surface area contributed by atoms with Crippen LogP contribution >= 0.6 is 19.0 Å². The van der Waals surface area contributed by atoms with Gasteiger partial charge in [0.25, 0.3) is 0 Å². The van der Waals surface area contributed by atoms with Crippen LogP contribution in [0.15, 0.2) is 126 Å². The number of rotatable bonds is 6. The molecule has 0 amide bonds. The number of halogens is 4. The molecule has 4 aromatic carbocycles. The molecule has 0 aliphatic heterocycles. The smallest absolute Gasteiger partial charge is 0.418 e. The molecule has 4 aromatic rings. The molecule has 164 valence electrons. The van der Waals surface area contributed by atoms with Crippen LogP contribution in [-0.4, -0.2) is 12.7 Å². The van der Waals surface area contributed by atoms with Gasteiger partial charge in [-0.2, -0.15) is 0 Å². The summed E-state index contributed by atoms with van der Waals surface area (Å²) in [6.07, 6.45) is 0. The molecular weight excluding hydrogens is 450 g/mol. The molecule has 0 unspecified atom stereocenters. The summed E-state index contributed by atoms with van der Waals surface area (Å²) >= 11 is 1.96. The van der Waals surface area contributed by atoms with E-state index in [1.807, 2.05) is 11.8 Å². The van der Waals surface area contributed by atoms with Crippen LogP contribution in [0.1, 0.15) is 0 Å². The van der Waals surface area contributed by atoms with Gasteiger partial charge in [0.2, 0.25) is 0 Å². The van der Waals surface area contributed by atoms with Crippen molar-refractivity contribution < 1.29 is 17.3 Å². The first-order valence-electron chi connectivity index (χ1n) is 10.00. The highest BCUT2D eigenvalue weighted by Gasteiger charge is 2.45. The molecule has 0 N–H and O–H groups in total. The average Bonchev–Trinajstić information content (AvgIpc) is 2.81. The molecule has 0 nitrogen and oxygen atoms in total. The second-order valence-electron chi connectivity index (χ2n) is 6.90. The summed E-state index contributed by atoms with van der Waals surface area (Å²) in [5.41, 5.74) is 1.05. The van der Waals surface area contributed by atoms with Crippen LogP contribution in [0.2, 0.25) is 0 Å². The van der Waals surface area contributed by atoms with E-state index < -0.39 is 14.5 Å². The van der Waals surface area contributed by atoms with Crippen molar-refractivity contribution in [3.05, 3.63) is 121 Å². The fourth-order valence-corrected chi connectivity index (χ4v) is 9.85. The number of benzene rings is 4. The normalized spacial score (nSPS) is 11.4. The summed E-state index contributed by atoms with van der Waals surface area (Å²) in [4.78, 5) is 1.32. The van der Waals surface area contributed by atoms with Gasteiger partial charge < -0.3 is 17.3 Å². The van der Waals surface area contributed by atoms with Crippen LogP contribution in [0.5, 0.6) is 0 Å². The second-order valence-corrected chi connectivity index (χ2v) is 11.9. The molecule has 0 radical (unpaired) electrons. The Morgan fingerprint density at radius 2 is 0.781 bits per heavy atom. The predicted molar refractivity (Wildman–Crippen MR) is 132 cm³/mol. The van der Waals surface area contributed by atoms with Gasteiger partial charge in [0, 0.05) is 4.90 Å². The van der Waals surface area contributed by atoms with Crippen molar-refractivity contribution in [2.24, 2.45) is 0 Å². The van der Waals surface area contributed by atoms with E-state index in [1.165, 1.54) is 20.8 Å². The lowest BCUT2D eigenvalue weighted by atomic mass is 10.3. The molecule has 0 saturated carbocycles. The average molecular weight is 472 g/mol. The first-order valence-corrected chi connectivity index (χ1v) is 13.0. The molecule has 32 heavy (non-hydrogen) atoms. The highest BCUT2D eigenvalue weighted by atomic mass is 32.2. The lowest BCUT2D eigenvalue weighted by Gasteiger charge is -2.27. The van der Waals surface area contributed by atoms with Gasteiger partial charge in [0.15, 0.2) is 0 Å². The van der Waals surface area contributed by atoms with Gasteiger partial charge in [-0.05, 0) is 48.5 Å². The van der Waals surface area contributed by atoms with Crippen LogP contribution in [0.4, 0.5) is 17.3 Å². The van der Waals surface area contributed by atoms with Crippen molar-refractivity contribution in [2.45, 2.75) is 4.90 Å². The number of hydrogen-bond donors (Lipinski definition) is 0. The summed E-state index contributed by atoms with van der Waals surface area (Å²) in [6, 6.07) is 43.9. The van der Waals surface area contributed by atoms with E-state index in [1.54, 1.807) is 0 Å². The minimum Gasteiger partial charge on any atom is -0.418 e. The van der Waals surface area contributed by atoms with Gasteiger partial charge in [0.05, 0.1) is 0 Å². The topological polar surface area (TPSA) is 0 Å². The molecule has 0 heterocycles. The molecular formula is C25H22BF4PS. The van der Waals surface area contributed by atoms with Crippen molar-refractivity contribution in [2.75, 3.05) is 5.49 Å². The summed E-state index contributed by atoms with van der Waals surface area (Å²) in [5, 5.41) is 4.31. The summed E-state index contributed by atoms with van der Waals surface area (Å²) in [6.45, 7) is 0. The van der Waals surface area contributed by atoms with E-state index >= 15 is 0 Å². The maximum absolute atomic E-state index is 9.75. The third-order valence-corrected chi connectivity index (χ3v) is 11.0. The van der Waals surface area contributed by atoms with E-state index in [2.05, 4.69) is 121 Å². The van der Waals surface area contributed by atoms with Gasteiger partial charge in [-0.1, -0.05) is 84.6 Å². The van der Waals surface area contributed by atoms with Crippen LogP contribution < -0.4 is 15.9 Å². The van der Waals surface area contributed by atoms with E-state index in [4.69, 9.17) is 0 Å².